The van der Waals surface area contributed by atoms with Gasteiger partial charge in [-0.05, 0) is 40.0 Å². The van der Waals surface area contributed by atoms with Crippen LogP contribution in [-0.4, -0.2) is 16.7 Å². The van der Waals surface area contributed by atoms with Crippen LogP contribution in [-0.2, 0) is 0 Å². The minimum absolute atomic E-state index is 0.114. The van der Waals surface area contributed by atoms with E-state index in [9.17, 15) is 10.0 Å². The van der Waals surface area contributed by atoms with E-state index in [2.05, 4.69) is 5.18 Å². The van der Waals surface area contributed by atoms with Gasteiger partial charge in [0.05, 0.1) is 11.6 Å². The normalized spacial score (nSPS) is 14.5. The topological polar surface area (TPSA) is 49.7 Å². The lowest BCUT2D eigenvalue weighted by atomic mass is 10.00. The lowest BCUT2D eigenvalue weighted by molar-refractivity contribution is 0.0678. The largest absolute Gasteiger partial charge is 0.390 e. The minimum atomic E-state index is -0.609. The van der Waals surface area contributed by atoms with Crippen LogP contribution in [0.15, 0.2) is 5.18 Å². The number of rotatable bonds is 5. The molecule has 0 bridgehead atoms. The van der Waals surface area contributed by atoms with Gasteiger partial charge in [-0.15, -0.1) is 0 Å². The van der Waals surface area contributed by atoms with Crippen molar-refractivity contribution in [1.82, 2.24) is 0 Å². The molecule has 0 radical (unpaired) electrons. The predicted molar refractivity (Wildman–Crippen MR) is 45.4 cm³/mol. The highest BCUT2D eigenvalue weighted by Crippen LogP contribution is 2.13. The van der Waals surface area contributed by atoms with Gasteiger partial charge in [0.15, 0.2) is 0 Å². The highest BCUT2D eigenvalue weighted by atomic mass is 16.3. The van der Waals surface area contributed by atoms with Gasteiger partial charge in [0.25, 0.3) is 0 Å². The second-order valence-corrected chi connectivity index (χ2v) is 3.66. The predicted octanol–water partition coefficient (Wildman–Crippen LogP) is 2.08. The molecular weight excluding hydrogens is 142 g/mol. The summed E-state index contributed by atoms with van der Waals surface area (Å²) in [7, 11) is 0. The van der Waals surface area contributed by atoms with Crippen LogP contribution < -0.4 is 0 Å². The Bertz CT molecular complexity index is 118. The maximum Gasteiger partial charge on any atom is 0.0891 e. The number of nitroso groups, excluding NO2 is 1. The lowest BCUT2D eigenvalue weighted by Gasteiger charge is -2.16. The molecule has 66 valence electrons. The third-order valence-electron chi connectivity index (χ3n) is 1.59. The van der Waals surface area contributed by atoms with E-state index in [1.54, 1.807) is 20.8 Å². The summed E-state index contributed by atoms with van der Waals surface area (Å²) < 4.78 is 0. The number of hydrogen-bond donors (Lipinski definition) is 1. The standard InChI is InChI=1S/C8H17NO2/c1-7(9-11)5-4-6-8(2,3)10/h7,10H,4-6H2,1-3H3. The first-order valence-electron chi connectivity index (χ1n) is 4.00. The van der Waals surface area contributed by atoms with Crippen LogP contribution in [0, 0.1) is 4.91 Å². The summed E-state index contributed by atoms with van der Waals surface area (Å²) in [5, 5.41) is 12.2. The third kappa shape index (κ3) is 7.46. The van der Waals surface area contributed by atoms with Crippen molar-refractivity contribution in [1.29, 1.82) is 0 Å². The second-order valence-electron chi connectivity index (χ2n) is 3.66. The molecule has 0 aliphatic carbocycles. The molecule has 0 saturated carbocycles. The maximum absolute atomic E-state index is 9.95. The van der Waals surface area contributed by atoms with Crippen molar-refractivity contribution in [2.75, 3.05) is 0 Å². The van der Waals surface area contributed by atoms with Gasteiger partial charge in [0, 0.05) is 0 Å². The Kier molecular flexibility index (Phi) is 4.26. The molecule has 0 aliphatic heterocycles. The number of nitrogens with zero attached hydrogens (tertiary/aromatic N) is 1. The molecule has 1 N–H and O–H groups in total. The van der Waals surface area contributed by atoms with Crippen molar-refractivity contribution in [3.8, 4) is 0 Å². The molecule has 3 nitrogen and oxygen atoms in total. The first-order chi connectivity index (χ1) is 4.95. The summed E-state index contributed by atoms with van der Waals surface area (Å²) in [5.41, 5.74) is -0.609. The van der Waals surface area contributed by atoms with Gasteiger partial charge in [-0.3, -0.25) is 0 Å². The molecule has 0 rings (SSSR count). The van der Waals surface area contributed by atoms with Gasteiger partial charge in [-0.2, -0.15) is 4.91 Å². The van der Waals surface area contributed by atoms with Gasteiger partial charge in [0.1, 0.15) is 0 Å². The molecule has 0 heterocycles. The average molecular weight is 159 g/mol. The first kappa shape index (κ1) is 10.6. The highest BCUT2D eigenvalue weighted by Gasteiger charge is 2.12. The molecule has 0 aromatic heterocycles. The monoisotopic (exact) mass is 159 g/mol. The Morgan fingerprint density at radius 3 is 2.45 bits per heavy atom. The van der Waals surface area contributed by atoms with Crippen LogP contribution in [0.3, 0.4) is 0 Å². The summed E-state index contributed by atoms with van der Waals surface area (Å²) in [4.78, 5) is 9.95. The summed E-state index contributed by atoms with van der Waals surface area (Å²) in [6.07, 6.45) is 2.36. The highest BCUT2D eigenvalue weighted by molar-refractivity contribution is 4.67. The molecule has 0 amide bonds. The van der Waals surface area contributed by atoms with Crippen molar-refractivity contribution in [2.24, 2.45) is 5.18 Å². The van der Waals surface area contributed by atoms with E-state index in [0.29, 0.717) is 0 Å². The van der Waals surface area contributed by atoms with Crippen LogP contribution >= 0.6 is 0 Å². The smallest absolute Gasteiger partial charge is 0.0891 e. The number of aliphatic hydroxyl groups is 1. The molecule has 1 atom stereocenters. The van der Waals surface area contributed by atoms with Crippen LogP contribution in [0.25, 0.3) is 0 Å². The molecule has 1 unspecified atom stereocenters. The zero-order chi connectivity index (χ0) is 8.91. The molecule has 0 fully saturated rings. The van der Waals surface area contributed by atoms with Gasteiger partial charge in [-0.1, -0.05) is 5.18 Å². The number of hydrogen-bond acceptors (Lipinski definition) is 3. The molecule has 0 spiro atoms. The Hall–Kier alpha value is -0.440. The van der Waals surface area contributed by atoms with E-state index in [4.69, 9.17) is 0 Å². The molecule has 0 aromatic carbocycles. The lowest BCUT2D eigenvalue weighted by Crippen LogP contribution is -2.18. The van der Waals surface area contributed by atoms with Crippen LogP contribution in [0.5, 0.6) is 0 Å². The van der Waals surface area contributed by atoms with Gasteiger partial charge >= 0.3 is 0 Å². The van der Waals surface area contributed by atoms with Crippen LogP contribution in [0.1, 0.15) is 40.0 Å². The summed E-state index contributed by atoms with van der Waals surface area (Å²) in [6.45, 7) is 5.33. The summed E-state index contributed by atoms with van der Waals surface area (Å²) >= 11 is 0. The molecule has 3 heteroatoms. The first-order valence-corrected chi connectivity index (χ1v) is 4.00. The van der Waals surface area contributed by atoms with E-state index in [-0.39, 0.29) is 6.04 Å². The maximum atomic E-state index is 9.95. The zero-order valence-corrected chi connectivity index (χ0v) is 7.50. The molecule has 0 saturated heterocycles. The SMILES string of the molecule is CC(CCCC(C)(C)O)N=O. The van der Waals surface area contributed by atoms with Crippen molar-refractivity contribution in [3.63, 3.8) is 0 Å². The van der Waals surface area contributed by atoms with Gasteiger partial charge < -0.3 is 5.11 Å². The fourth-order valence-corrected chi connectivity index (χ4v) is 0.883. The van der Waals surface area contributed by atoms with E-state index in [1.165, 1.54) is 0 Å². The van der Waals surface area contributed by atoms with Crippen molar-refractivity contribution < 1.29 is 5.11 Å². The Balaban J connectivity index is 3.35. The molecule has 11 heavy (non-hydrogen) atoms. The summed E-state index contributed by atoms with van der Waals surface area (Å²) in [5.74, 6) is 0. The van der Waals surface area contributed by atoms with E-state index in [0.717, 1.165) is 19.3 Å². The Morgan fingerprint density at radius 2 is 2.09 bits per heavy atom. The van der Waals surface area contributed by atoms with Crippen LogP contribution in [0.4, 0.5) is 0 Å². The van der Waals surface area contributed by atoms with Crippen molar-refractivity contribution in [2.45, 2.75) is 51.7 Å². The molecular formula is C8H17NO2. The fraction of sp³-hybridized carbons (Fsp3) is 1.00. The fourth-order valence-electron chi connectivity index (χ4n) is 0.883. The van der Waals surface area contributed by atoms with Crippen LogP contribution in [0.2, 0.25) is 0 Å². The third-order valence-corrected chi connectivity index (χ3v) is 1.59. The molecule has 0 aromatic rings. The Labute approximate surface area is 67.8 Å². The minimum Gasteiger partial charge on any atom is -0.390 e. The zero-order valence-electron chi connectivity index (χ0n) is 7.50. The van der Waals surface area contributed by atoms with Crippen molar-refractivity contribution >= 4 is 0 Å². The average Bonchev–Trinajstić information content (AvgIpc) is 1.85. The van der Waals surface area contributed by atoms with E-state index in [1.807, 2.05) is 0 Å². The second kappa shape index (κ2) is 4.44. The summed E-state index contributed by atoms with van der Waals surface area (Å²) in [6, 6.07) is -0.114. The molecule has 0 aliphatic rings. The van der Waals surface area contributed by atoms with Gasteiger partial charge in [-0.25, -0.2) is 0 Å². The quantitative estimate of drug-likeness (QED) is 0.624. The van der Waals surface area contributed by atoms with Gasteiger partial charge in [0.2, 0.25) is 0 Å². The van der Waals surface area contributed by atoms with E-state index >= 15 is 0 Å². The van der Waals surface area contributed by atoms with E-state index < -0.39 is 5.60 Å². The Morgan fingerprint density at radius 1 is 1.55 bits per heavy atom. The van der Waals surface area contributed by atoms with Crippen molar-refractivity contribution in [3.05, 3.63) is 4.91 Å².